The van der Waals surface area contributed by atoms with E-state index in [1.54, 1.807) is 30.1 Å². The van der Waals surface area contributed by atoms with E-state index in [1.807, 2.05) is 20.8 Å². The number of ether oxygens (including phenoxy) is 1. The predicted octanol–water partition coefficient (Wildman–Crippen LogP) is 4.43. The summed E-state index contributed by atoms with van der Waals surface area (Å²) in [4.78, 5) is 39.9. The molecule has 1 heterocycles. The smallest absolute Gasteiger partial charge is 0.410 e. The van der Waals surface area contributed by atoms with E-state index >= 15 is 0 Å². The highest BCUT2D eigenvalue weighted by Gasteiger charge is 2.28. The lowest BCUT2D eigenvalue weighted by Gasteiger charge is -2.33. The van der Waals surface area contributed by atoms with Gasteiger partial charge in [0.15, 0.2) is 0 Å². The summed E-state index contributed by atoms with van der Waals surface area (Å²) in [6.45, 7) is 6.58. The summed E-state index contributed by atoms with van der Waals surface area (Å²) in [6, 6.07) is 4.80. The molecule has 0 radical (unpaired) electrons. The molecule has 1 aliphatic rings. The minimum atomic E-state index is -0.523. The zero-order chi connectivity index (χ0) is 22.5. The Labute approximate surface area is 187 Å². The summed E-state index contributed by atoms with van der Waals surface area (Å²) in [7, 11) is 1.60. The predicted molar refractivity (Wildman–Crippen MR) is 118 cm³/mol. The lowest BCUT2D eigenvalue weighted by molar-refractivity contribution is -0.134. The fraction of sp³-hybridized carbons (Fsp3) is 0.571. The summed E-state index contributed by atoms with van der Waals surface area (Å²) in [5.41, 5.74) is -0.00499. The molecule has 1 N–H and O–H groups in total. The van der Waals surface area contributed by atoms with Crippen LogP contribution in [-0.2, 0) is 14.3 Å². The first-order chi connectivity index (χ1) is 13.9. The molecule has 7 nitrogen and oxygen atoms in total. The molecule has 166 valence electrons. The molecule has 1 aromatic rings. The fourth-order valence-corrected chi connectivity index (χ4v) is 3.43. The maximum Gasteiger partial charge on any atom is 0.410 e. The molecule has 9 heteroatoms. The van der Waals surface area contributed by atoms with Crippen LogP contribution in [0.3, 0.4) is 0 Å². The minimum absolute atomic E-state index is 0.0597. The second-order valence-electron chi connectivity index (χ2n) is 8.54. The first kappa shape index (κ1) is 24.3. The minimum Gasteiger partial charge on any atom is -0.444 e. The molecule has 0 unspecified atom stereocenters. The van der Waals surface area contributed by atoms with Gasteiger partial charge in [0, 0.05) is 32.2 Å². The van der Waals surface area contributed by atoms with E-state index in [4.69, 9.17) is 27.9 Å². The first-order valence-corrected chi connectivity index (χ1v) is 10.7. The average Bonchev–Trinajstić information content (AvgIpc) is 2.63. The molecule has 1 fully saturated rings. The standard InChI is InChI=1S/C21H29Cl2N3O4/c1-21(2,3)30-20(29)26-9-7-14(8-10-26)11-19(28)25(4)13-18(27)24-15-5-6-16(22)17(23)12-15/h5-6,12,14H,7-11,13H2,1-4H3,(H,24,27). The van der Waals surface area contributed by atoms with Crippen LogP contribution in [0.2, 0.25) is 10.0 Å². The third-order valence-corrected chi connectivity index (χ3v) is 5.48. The van der Waals surface area contributed by atoms with E-state index in [9.17, 15) is 14.4 Å². The zero-order valence-corrected chi connectivity index (χ0v) is 19.3. The molecule has 0 bridgehead atoms. The molecular weight excluding hydrogens is 429 g/mol. The molecule has 1 aliphatic heterocycles. The van der Waals surface area contributed by atoms with E-state index in [0.717, 1.165) is 12.8 Å². The number of likely N-dealkylation sites (tertiary alicyclic amines) is 1. The Hall–Kier alpha value is -1.99. The molecule has 30 heavy (non-hydrogen) atoms. The van der Waals surface area contributed by atoms with Crippen molar-refractivity contribution in [2.24, 2.45) is 5.92 Å². The van der Waals surface area contributed by atoms with Gasteiger partial charge in [-0.3, -0.25) is 9.59 Å². The van der Waals surface area contributed by atoms with Crippen LogP contribution in [0.25, 0.3) is 0 Å². The van der Waals surface area contributed by atoms with Gasteiger partial charge >= 0.3 is 6.09 Å². The highest BCUT2D eigenvalue weighted by atomic mass is 35.5. The van der Waals surface area contributed by atoms with Crippen LogP contribution in [0.4, 0.5) is 10.5 Å². The molecule has 0 atom stereocenters. The van der Waals surface area contributed by atoms with Crippen molar-refractivity contribution in [3.63, 3.8) is 0 Å². The number of anilines is 1. The molecule has 1 saturated heterocycles. The Kier molecular flexibility index (Phi) is 8.38. The first-order valence-electron chi connectivity index (χ1n) is 9.91. The van der Waals surface area contributed by atoms with Gasteiger partial charge < -0.3 is 19.9 Å². The van der Waals surface area contributed by atoms with Gasteiger partial charge in [-0.15, -0.1) is 0 Å². The Morgan fingerprint density at radius 1 is 1.17 bits per heavy atom. The van der Waals surface area contributed by atoms with E-state index in [1.165, 1.54) is 4.90 Å². The topological polar surface area (TPSA) is 79.0 Å². The van der Waals surface area contributed by atoms with Crippen LogP contribution in [0.15, 0.2) is 18.2 Å². The van der Waals surface area contributed by atoms with Crippen molar-refractivity contribution in [1.29, 1.82) is 0 Å². The number of nitrogens with zero attached hydrogens (tertiary/aromatic N) is 2. The van der Waals surface area contributed by atoms with E-state index in [-0.39, 0.29) is 30.4 Å². The van der Waals surface area contributed by atoms with Gasteiger partial charge in [-0.25, -0.2) is 4.79 Å². The quantitative estimate of drug-likeness (QED) is 0.708. The number of nitrogens with one attached hydrogen (secondary N) is 1. The molecular formula is C21H29Cl2N3O4. The van der Waals surface area contributed by atoms with Gasteiger partial charge in [-0.1, -0.05) is 23.2 Å². The Morgan fingerprint density at radius 2 is 1.80 bits per heavy atom. The van der Waals surface area contributed by atoms with Gasteiger partial charge in [0.2, 0.25) is 11.8 Å². The lowest BCUT2D eigenvalue weighted by Crippen LogP contribution is -2.43. The molecule has 0 spiro atoms. The molecule has 3 amide bonds. The second kappa shape index (κ2) is 10.4. The van der Waals surface area contributed by atoms with Gasteiger partial charge in [0.1, 0.15) is 5.60 Å². The number of carbonyl (C=O) groups is 3. The molecule has 2 rings (SSSR count). The summed E-state index contributed by atoms with van der Waals surface area (Å²) in [6.07, 6.45) is 1.49. The summed E-state index contributed by atoms with van der Waals surface area (Å²) >= 11 is 11.8. The van der Waals surface area contributed by atoms with Crippen LogP contribution in [0, 0.1) is 5.92 Å². The van der Waals surface area contributed by atoms with Gasteiger partial charge in [-0.05, 0) is 57.7 Å². The number of carbonyl (C=O) groups excluding carboxylic acids is 3. The van der Waals surface area contributed by atoms with E-state index in [0.29, 0.717) is 35.2 Å². The molecule has 0 aliphatic carbocycles. The Balaban J connectivity index is 1.76. The monoisotopic (exact) mass is 457 g/mol. The number of rotatable bonds is 5. The van der Waals surface area contributed by atoms with Gasteiger partial charge in [0.25, 0.3) is 0 Å². The summed E-state index contributed by atoms with van der Waals surface area (Å²) in [5.74, 6) is -0.240. The van der Waals surface area contributed by atoms with Gasteiger partial charge in [0.05, 0.1) is 16.6 Å². The van der Waals surface area contributed by atoms with Crippen molar-refractivity contribution >= 4 is 46.8 Å². The third kappa shape index (κ3) is 7.69. The van der Waals surface area contributed by atoms with Crippen LogP contribution >= 0.6 is 23.2 Å². The SMILES string of the molecule is CN(CC(=O)Nc1ccc(Cl)c(Cl)c1)C(=O)CC1CCN(C(=O)OC(C)(C)C)CC1. The summed E-state index contributed by atoms with van der Waals surface area (Å²) < 4.78 is 5.39. The van der Waals surface area contributed by atoms with Crippen LogP contribution in [0.5, 0.6) is 0 Å². The highest BCUT2D eigenvalue weighted by molar-refractivity contribution is 6.42. The van der Waals surface area contributed by atoms with Crippen molar-refractivity contribution in [2.75, 3.05) is 32.0 Å². The fourth-order valence-electron chi connectivity index (χ4n) is 3.13. The number of likely N-dealkylation sites (N-methyl/N-ethyl adjacent to an activating group) is 1. The van der Waals surface area contributed by atoms with Gasteiger partial charge in [-0.2, -0.15) is 0 Å². The van der Waals surface area contributed by atoms with Crippen LogP contribution in [-0.4, -0.2) is 60.0 Å². The largest absolute Gasteiger partial charge is 0.444 e. The number of piperidine rings is 1. The Morgan fingerprint density at radius 3 is 2.37 bits per heavy atom. The van der Waals surface area contributed by atoms with Crippen molar-refractivity contribution in [1.82, 2.24) is 9.80 Å². The number of amides is 3. The molecule has 0 aromatic heterocycles. The van der Waals surface area contributed by atoms with E-state index in [2.05, 4.69) is 5.32 Å². The number of hydrogen-bond acceptors (Lipinski definition) is 4. The number of halogens is 2. The zero-order valence-electron chi connectivity index (χ0n) is 17.8. The second-order valence-corrected chi connectivity index (χ2v) is 9.36. The number of benzene rings is 1. The third-order valence-electron chi connectivity index (χ3n) is 4.74. The average molecular weight is 458 g/mol. The molecule has 0 saturated carbocycles. The highest BCUT2D eigenvalue weighted by Crippen LogP contribution is 2.25. The number of hydrogen-bond donors (Lipinski definition) is 1. The Bertz CT molecular complexity index is 787. The van der Waals surface area contributed by atoms with Crippen molar-refractivity contribution in [3.8, 4) is 0 Å². The van der Waals surface area contributed by atoms with Crippen molar-refractivity contribution in [3.05, 3.63) is 28.2 Å². The maximum atomic E-state index is 12.5. The van der Waals surface area contributed by atoms with Crippen molar-refractivity contribution < 1.29 is 19.1 Å². The van der Waals surface area contributed by atoms with E-state index < -0.39 is 5.60 Å². The van der Waals surface area contributed by atoms with Crippen molar-refractivity contribution in [2.45, 2.75) is 45.6 Å². The lowest BCUT2D eigenvalue weighted by atomic mass is 9.93. The van der Waals surface area contributed by atoms with Crippen LogP contribution in [0.1, 0.15) is 40.0 Å². The molecule has 1 aromatic carbocycles. The maximum absolute atomic E-state index is 12.5. The van der Waals surface area contributed by atoms with Crippen LogP contribution < -0.4 is 5.32 Å². The summed E-state index contributed by atoms with van der Waals surface area (Å²) in [5, 5.41) is 3.45. The normalized spacial score (nSPS) is 14.9.